The second kappa shape index (κ2) is 6.34. The zero-order valence-corrected chi connectivity index (χ0v) is 9.63. The normalized spacial score (nSPS) is 14.3. The summed E-state index contributed by atoms with van der Waals surface area (Å²) in [4.78, 5) is 10.8. The van der Waals surface area contributed by atoms with E-state index in [0.717, 1.165) is 0 Å². The molecule has 17 heavy (non-hydrogen) atoms. The number of aliphatic hydroxyl groups is 2. The maximum atomic E-state index is 10.8. The highest BCUT2D eigenvalue weighted by molar-refractivity contribution is 5.78. The van der Waals surface area contributed by atoms with Crippen LogP contribution in [0, 0.1) is 0 Å². The molecule has 0 aliphatic rings. The van der Waals surface area contributed by atoms with Crippen molar-refractivity contribution in [1.29, 1.82) is 0 Å². The summed E-state index contributed by atoms with van der Waals surface area (Å²) >= 11 is 0. The van der Waals surface area contributed by atoms with Gasteiger partial charge in [0, 0.05) is 5.56 Å². The Morgan fingerprint density at radius 3 is 2.71 bits per heavy atom. The summed E-state index contributed by atoms with van der Waals surface area (Å²) < 4.78 is 0. The summed E-state index contributed by atoms with van der Waals surface area (Å²) in [6, 6.07) is 4.07. The average molecular weight is 239 g/mol. The van der Waals surface area contributed by atoms with Crippen LogP contribution in [0.2, 0.25) is 0 Å². The molecule has 2 atom stereocenters. The Morgan fingerprint density at radius 1 is 1.41 bits per heavy atom. The van der Waals surface area contributed by atoms with Gasteiger partial charge in [-0.25, -0.2) is 0 Å². The minimum atomic E-state index is -1.14. The number of hydrogen-bond donors (Lipinski definition) is 4. The molecule has 0 fully saturated rings. The summed E-state index contributed by atoms with van der Waals surface area (Å²) in [5.41, 5.74) is 0.502. The predicted molar refractivity (Wildman–Crippen MR) is 63.0 cm³/mol. The smallest absolute Gasteiger partial charge is 0.150 e. The van der Waals surface area contributed by atoms with Crippen LogP contribution < -0.4 is 5.32 Å². The second-order valence-electron chi connectivity index (χ2n) is 3.84. The number of aliphatic hydroxyl groups excluding tert-OH is 2. The molecule has 4 N–H and O–H groups in total. The number of benzene rings is 1. The summed E-state index contributed by atoms with van der Waals surface area (Å²) in [6.07, 6.45) is -1.17. The fraction of sp³-hybridized carbons (Fsp3) is 0.417. The van der Waals surface area contributed by atoms with Crippen molar-refractivity contribution < 1.29 is 20.1 Å². The van der Waals surface area contributed by atoms with Gasteiger partial charge in [-0.05, 0) is 37.7 Å². The minimum absolute atomic E-state index is 0.0484. The predicted octanol–water partition coefficient (Wildman–Crippen LogP) is 0.209. The fourth-order valence-corrected chi connectivity index (χ4v) is 1.59. The topological polar surface area (TPSA) is 89.8 Å². The number of carbonyl (C=O) groups is 1. The molecule has 2 unspecified atom stereocenters. The zero-order chi connectivity index (χ0) is 12.8. The van der Waals surface area contributed by atoms with Gasteiger partial charge in [0.2, 0.25) is 0 Å². The van der Waals surface area contributed by atoms with Gasteiger partial charge >= 0.3 is 0 Å². The number of carbonyl (C=O) groups excluding carboxylic acids is 1. The van der Waals surface area contributed by atoms with Crippen LogP contribution in [-0.4, -0.2) is 41.3 Å². The van der Waals surface area contributed by atoms with Crippen molar-refractivity contribution in [2.45, 2.75) is 18.6 Å². The molecule has 0 spiro atoms. The maximum absolute atomic E-state index is 10.8. The number of aldehydes is 1. The molecule has 1 rings (SSSR count). The van der Waals surface area contributed by atoms with E-state index in [0.29, 0.717) is 24.8 Å². The summed E-state index contributed by atoms with van der Waals surface area (Å²) in [6.45, 7) is 0.562. The molecule has 0 aromatic heterocycles. The molecule has 5 heteroatoms. The lowest BCUT2D eigenvalue weighted by molar-refractivity contribution is 0.0137. The van der Waals surface area contributed by atoms with Gasteiger partial charge in [0.05, 0.1) is 6.10 Å². The monoisotopic (exact) mass is 239 g/mol. The fourth-order valence-electron chi connectivity index (χ4n) is 1.59. The summed E-state index contributed by atoms with van der Waals surface area (Å²) in [7, 11) is 1.75. The molecule has 1 aromatic carbocycles. The van der Waals surface area contributed by atoms with Crippen molar-refractivity contribution in [3.63, 3.8) is 0 Å². The third-order valence-electron chi connectivity index (χ3n) is 2.57. The van der Waals surface area contributed by atoms with E-state index in [-0.39, 0.29) is 11.3 Å². The lowest BCUT2D eigenvalue weighted by Crippen LogP contribution is -2.24. The van der Waals surface area contributed by atoms with E-state index in [1.165, 1.54) is 18.2 Å². The molecule has 1 aromatic rings. The largest absolute Gasteiger partial charge is 0.508 e. The van der Waals surface area contributed by atoms with Gasteiger partial charge < -0.3 is 20.6 Å². The standard InChI is InChI=1S/C12H17NO4/c1-13-5-4-11(16)12(17)10-3-2-9(15)6-8(10)7-14/h2-3,6-7,11-13,15-17H,4-5H2,1H3. The highest BCUT2D eigenvalue weighted by Crippen LogP contribution is 2.24. The van der Waals surface area contributed by atoms with Crippen molar-refractivity contribution in [3.05, 3.63) is 29.3 Å². The Kier molecular flexibility index (Phi) is 5.09. The Balaban J connectivity index is 2.87. The van der Waals surface area contributed by atoms with E-state index in [1.807, 2.05) is 0 Å². The number of hydrogen-bond acceptors (Lipinski definition) is 5. The molecule has 5 nitrogen and oxygen atoms in total. The van der Waals surface area contributed by atoms with E-state index < -0.39 is 12.2 Å². The van der Waals surface area contributed by atoms with Gasteiger partial charge in [0.15, 0.2) is 6.29 Å². The van der Waals surface area contributed by atoms with Crippen molar-refractivity contribution in [3.8, 4) is 5.75 Å². The van der Waals surface area contributed by atoms with E-state index in [9.17, 15) is 20.1 Å². The van der Waals surface area contributed by atoms with Crippen LogP contribution in [0.1, 0.15) is 28.4 Å². The Morgan fingerprint density at radius 2 is 2.12 bits per heavy atom. The second-order valence-corrected chi connectivity index (χ2v) is 3.84. The summed E-state index contributed by atoms with van der Waals surface area (Å²) in [5.74, 6) is -0.0484. The van der Waals surface area contributed by atoms with Gasteiger partial charge in [0.1, 0.15) is 11.9 Å². The number of phenols is 1. The molecule has 0 radical (unpaired) electrons. The van der Waals surface area contributed by atoms with Gasteiger partial charge in [-0.1, -0.05) is 6.07 Å². The molecule has 0 aliphatic carbocycles. The SMILES string of the molecule is CNCCC(O)C(O)c1ccc(O)cc1C=O. The number of phenolic OH excluding ortho intramolecular Hbond substituents is 1. The first-order chi connectivity index (χ1) is 8.10. The third kappa shape index (κ3) is 3.52. The molecule has 0 aliphatic heterocycles. The van der Waals surface area contributed by atoms with Crippen LogP contribution in [0.3, 0.4) is 0 Å². The molecular formula is C12H17NO4. The van der Waals surface area contributed by atoms with E-state index in [1.54, 1.807) is 7.05 Å². The van der Waals surface area contributed by atoms with Gasteiger partial charge in [-0.15, -0.1) is 0 Å². The van der Waals surface area contributed by atoms with Crippen LogP contribution in [0.4, 0.5) is 0 Å². The number of rotatable bonds is 6. The highest BCUT2D eigenvalue weighted by atomic mass is 16.3. The Hall–Kier alpha value is -1.43. The molecular weight excluding hydrogens is 222 g/mol. The van der Waals surface area contributed by atoms with Crippen LogP contribution >= 0.6 is 0 Å². The van der Waals surface area contributed by atoms with E-state index in [2.05, 4.69) is 5.32 Å². The Bertz CT molecular complexity index is 381. The zero-order valence-electron chi connectivity index (χ0n) is 9.63. The van der Waals surface area contributed by atoms with Crippen molar-refractivity contribution in [2.24, 2.45) is 0 Å². The molecule has 0 heterocycles. The molecule has 0 saturated heterocycles. The van der Waals surface area contributed by atoms with Crippen molar-refractivity contribution >= 4 is 6.29 Å². The molecule has 0 bridgehead atoms. The lowest BCUT2D eigenvalue weighted by atomic mass is 9.97. The van der Waals surface area contributed by atoms with Crippen LogP contribution in [0.15, 0.2) is 18.2 Å². The van der Waals surface area contributed by atoms with Crippen molar-refractivity contribution in [2.75, 3.05) is 13.6 Å². The minimum Gasteiger partial charge on any atom is -0.508 e. The van der Waals surface area contributed by atoms with E-state index in [4.69, 9.17) is 0 Å². The highest BCUT2D eigenvalue weighted by Gasteiger charge is 2.20. The lowest BCUT2D eigenvalue weighted by Gasteiger charge is -2.19. The first kappa shape index (κ1) is 13.6. The van der Waals surface area contributed by atoms with Crippen LogP contribution in [-0.2, 0) is 0 Å². The van der Waals surface area contributed by atoms with Gasteiger partial charge in [-0.2, -0.15) is 0 Å². The number of nitrogens with one attached hydrogen (secondary N) is 1. The van der Waals surface area contributed by atoms with Gasteiger partial charge in [0.25, 0.3) is 0 Å². The molecule has 94 valence electrons. The summed E-state index contributed by atoms with van der Waals surface area (Å²) in [5, 5.41) is 31.7. The van der Waals surface area contributed by atoms with E-state index >= 15 is 0 Å². The maximum Gasteiger partial charge on any atom is 0.150 e. The first-order valence-corrected chi connectivity index (χ1v) is 5.39. The Labute approximate surface area is 99.7 Å². The average Bonchev–Trinajstić information content (AvgIpc) is 2.34. The number of aromatic hydroxyl groups is 1. The van der Waals surface area contributed by atoms with Crippen molar-refractivity contribution in [1.82, 2.24) is 5.32 Å². The molecule has 0 amide bonds. The molecule has 0 saturated carbocycles. The van der Waals surface area contributed by atoms with Crippen LogP contribution in [0.5, 0.6) is 5.75 Å². The first-order valence-electron chi connectivity index (χ1n) is 5.39. The quantitative estimate of drug-likeness (QED) is 0.533. The third-order valence-corrected chi connectivity index (χ3v) is 2.57. The van der Waals surface area contributed by atoms with Crippen LogP contribution in [0.25, 0.3) is 0 Å². The van der Waals surface area contributed by atoms with Gasteiger partial charge in [-0.3, -0.25) is 4.79 Å².